The SMILES string of the molecule is Cc1ccc(C(C)(O)CNC2CCC(C(=O)OC(C)(C)C)CC2)o1. The van der Waals surface area contributed by atoms with E-state index in [0.29, 0.717) is 18.3 Å². The normalized spacial score (nSPS) is 24.4. The predicted octanol–water partition coefficient (Wildman–Crippen LogP) is 3.29. The number of esters is 1. The minimum Gasteiger partial charge on any atom is -0.463 e. The first-order valence-corrected chi connectivity index (χ1v) is 8.82. The Morgan fingerprint density at radius 1 is 1.25 bits per heavy atom. The second-order valence-electron chi connectivity index (χ2n) is 8.15. The second-order valence-corrected chi connectivity index (χ2v) is 8.15. The molecule has 1 saturated carbocycles. The van der Waals surface area contributed by atoms with Gasteiger partial charge in [-0.05, 0) is 72.4 Å². The third kappa shape index (κ3) is 5.35. The number of carbonyl (C=O) groups excluding carboxylic acids is 1. The Kier molecular flexibility index (Phi) is 5.76. The van der Waals surface area contributed by atoms with Crippen molar-refractivity contribution in [3.05, 3.63) is 23.7 Å². The molecule has 0 aromatic carbocycles. The van der Waals surface area contributed by atoms with E-state index in [-0.39, 0.29) is 11.9 Å². The van der Waals surface area contributed by atoms with Crippen LogP contribution in [0.5, 0.6) is 0 Å². The maximum Gasteiger partial charge on any atom is 0.309 e. The Morgan fingerprint density at radius 2 is 1.88 bits per heavy atom. The highest BCUT2D eigenvalue weighted by Crippen LogP contribution is 2.28. The number of hydrogen-bond acceptors (Lipinski definition) is 5. The van der Waals surface area contributed by atoms with E-state index in [2.05, 4.69) is 5.32 Å². The fraction of sp³-hybridized carbons (Fsp3) is 0.737. The van der Waals surface area contributed by atoms with E-state index in [4.69, 9.17) is 9.15 Å². The second kappa shape index (κ2) is 7.28. The van der Waals surface area contributed by atoms with Crippen molar-refractivity contribution in [1.82, 2.24) is 5.32 Å². The number of hydrogen-bond donors (Lipinski definition) is 2. The molecule has 136 valence electrons. The third-order valence-electron chi connectivity index (χ3n) is 4.47. The van der Waals surface area contributed by atoms with Gasteiger partial charge in [0.1, 0.15) is 22.7 Å². The number of ether oxygens (including phenoxy) is 1. The number of carbonyl (C=O) groups is 1. The number of furan rings is 1. The van der Waals surface area contributed by atoms with Crippen LogP contribution in [0.3, 0.4) is 0 Å². The molecule has 1 aromatic heterocycles. The highest BCUT2D eigenvalue weighted by Gasteiger charge is 2.32. The van der Waals surface area contributed by atoms with Crippen molar-refractivity contribution in [1.29, 1.82) is 0 Å². The first-order valence-electron chi connectivity index (χ1n) is 8.82. The molecule has 0 aliphatic heterocycles. The smallest absolute Gasteiger partial charge is 0.309 e. The highest BCUT2D eigenvalue weighted by molar-refractivity contribution is 5.73. The largest absolute Gasteiger partial charge is 0.463 e. The Bertz CT molecular complexity index is 548. The maximum absolute atomic E-state index is 12.1. The predicted molar refractivity (Wildman–Crippen MR) is 92.6 cm³/mol. The van der Waals surface area contributed by atoms with Gasteiger partial charge in [-0.1, -0.05) is 0 Å². The average Bonchev–Trinajstić information content (AvgIpc) is 2.91. The maximum atomic E-state index is 12.1. The van der Waals surface area contributed by atoms with Gasteiger partial charge in [-0.25, -0.2) is 0 Å². The van der Waals surface area contributed by atoms with Gasteiger partial charge >= 0.3 is 5.97 Å². The third-order valence-corrected chi connectivity index (χ3v) is 4.47. The molecular formula is C19H31NO4. The molecule has 1 aliphatic carbocycles. The Labute approximate surface area is 144 Å². The van der Waals surface area contributed by atoms with Crippen LogP contribution >= 0.6 is 0 Å². The van der Waals surface area contributed by atoms with Crippen LogP contribution in [0.15, 0.2) is 16.5 Å². The van der Waals surface area contributed by atoms with Crippen LogP contribution in [0.4, 0.5) is 0 Å². The lowest BCUT2D eigenvalue weighted by atomic mass is 9.85. The summed E-state index contributed by atoms with van der Waals surface area (Å²) >= 11 is 0. The summed E-state index contributed by atoms with van der Waals surface area (Å²) in [6, 6.07) is 3.98. The van der Waals surface area contributed by atoms with Gasteiger partial charge in [0.2, 0.25) is 0 Å². The molecule has 1 fully saturated rings. The molecule has 0 spiro atoms. The van der Waals surface area contributed by atoms with Crippen molar-refractivity contribution in [2.24, 2.45) is 5.92 Å². The van der Waals surface area contributed by atoms with Crippen LogP contribution in [0.2, 0.25) is 0 Å². The van der Waals surface area contributed by atoms with Crippen LogP contribution < -0.4 is 5.32 Å². The quantitative estimate of drug-likeness (QED) is 0.807. The number of rotatable bonds is 5. The van der Waals surface area contributed by atoms with Crippen molar-refractivity contribution < 1.29 is 19.1 Å². The van der Waals surface area contributed by atoms with Crippen molar-refractivity contribution in [3.63, 3.8) is 0 Å². The summed E-state index contributed by atoms with van der Waals surface area (Å²) in [6.45, 7) is 9.75. The summed E-state index contributed by atoms with van der Waals surface area (Å²) in [6.07, 6.45) is 3.48. The zero-order chi connectivity index (χ0) is 18.0. The van der Waals surface area contributed by atoms with Crippen molar-refractivity contribution in [2.75, 3.05) is 6.54 Å². The fourth-order valence-electron chi connectivity index (χ4n) is 3.07. The standard InChI is InChI=1S/C19H31NO4/c1-13-6-11-16(23-13)19(5,22)12-20-15-9-7-14(8-10-15)17(21)24-18(2,3)4/h6,11,14-15,20,22H,7-10,12H2,1-5H3. The molecule has 1 aromatic rings. The van der Waals surface area contributed by atoms with Crippen molar-refractivity contribution in [3.8, 4) is 0 Å². The molecule has 5 nitrogen and oxygen atoms in total. The summed E-state index contributed by atoms with van der Waals surface area (Å²) in [5, 5.41) is 14.0. The number of aliphatic hydroxyl groups is 1. The first-order chi connectivity index (χ1) is 11.1. The summed E-state index contributed by atoms with van der Waals surface area (Å²) in [5.41, 5.74) is -1.46. The Hall–Kier alpha value is -1.33. The van der Waals surface area contributed by atoms with E-state index in [0.717, 1.165) is 31.4 Å². The molecular weight excluding hydrogens is 306 g/mol. The lowest BCUT2D eigenvalue weighted by Gasteiger charge is -2.32. The summed E-state index contributed by atoms with van der Waals surface area (Å²) < 4.78 is 11.0. The molecule has 2 rings (SSSR count). The molecule has 1 aliphatic rings. The fourth-order valence-corrected chi connectivity index (χ4v) is 3.07. The molecule has 1 atom stereocenters. The molecule has 0 bridgehead atoms. The lowest BCUT2D eigenvalue weighted by Crippen LogP contribution is -2.43. The highest BCUT2D eigenvalue weighted by atomic mass is 16.6. The Balaban J connectivity index is 1.78. The number of aryl methyl sites for hydroxylation is 1. The zero-order valence-corrected chi connectivity index (χ0v) is 15.5. The van der Waals surface area contributed by atoms with E-state index >= 15 is 0 Å². The van der Waals surface area contributed by atoms with Gasteiger partial charge in [-0.2, -0.15) is 0 Å². The van der Waals surface area contributed by atoms with Gasteiger partial charge in [-0.15, -0.1) is 0 Å². The molecule has 0 amide bonds. The van der Waals surface area contributed by atoms with Crippen molar-refractivity contribution >= 4 is 5.97 Å². The molecule has 24 heavy (non-hydrogen) atoms. The van der Waals surface area contributed by atoms with Gasteiger partial charge < -0.3 is 19.6 Å². The molecule has 1 heterocycles. The van der Waals surface area contributed by atoms with E-state index < -0.39 is 11.2 Å². The van der Waals surface area contributed by atoms with E-state index in [1.807, 2.05) is 39.8 Å². The summed E-state index contributed by atoms with van der Waals surface area (Å²) in [5.74, 6) is 1.28. The Morgan fingerprint density at radius 3 is 2.38 bits per heavy atom. The van der Waals surface area contributed by atoms with Crippen molar-refractivity contribution in [2.45, 2.75) is 77.5 Å². The van der Waals surface area contributed by atoms with Gasteiger partial charge in [-0.3, -0.25) is 4.79 Å². The monoisotopic (exact) mass is 337 g/mol. The van der Waals surface area contributed by atoms with Crippen LogP contribution in [0, 0.1) is 12.8 Å². The average molecular weight is 337 g/mol. The van der Waals surface area contributed by atoms with Crippen LogP contribution in [0.25, 0.3) is 0 Å². The summed E-state index contributed by atoms with van der Waals surface area (Å²) in [4.78, 5) is 12.1. The van der Waals surface area contributed by atoms with Gasteiger partial charge in [0.05, 0.1) is 5.92 Å². The van der Waals surface area contributed by atoms with Crippen LogP contribution in [-0.4, -0.2) is 29.3 Å². The molecule has 2 N–H and O–H groups in total. The summed E-state index contributed by atoms with van der Waals surface area (Å²) in [7, 11) is 0. The van der Waals surface area contributed by atoms with E-state index in [1.165, 1.54) is 0 Å². The topological polar surface area (TPSA) is 71.7 Å². The lowest BCUT2D eigenvalue weighted by molar-refractivity contribution is -0.161. The van der Waals surface area contributed by atoms with E-state index in [9.17, 15) is 9.90 Å². The zero-order valence-electron chi connectivity index (χ0n) is 15.5. The van der Waals surface area contributed by atoms with Gasteiger partial charge in [0, 0.05) is 12.6 Å². The van der Waals surface area contributed by atoms with Gasteiger partial charge in [0.15, 0.2) is 0 Å². The first kappa shape index (κ1) is 19.0. The minimum absolute atomic E-state index is 0.00416. The number of nitrogens with one attached hydrogen (secondary N) is 1. The molecule has 5 heteroatoms. The molecule has 0 radical (unpaired) electrons. The van der Waals surface area contributed by atoms with Crippen LogP contribution in [-0.2, 0) is 15.1 Å². The molecule has 1 unspecified atom stereocenters. The minimum atomic E-state index is -1.03. The van der Waals surface area contributed by atoms with E-state index in [1.54, 1.807) is 6.92 Å². The molecule has 0 saturated heterocycles. The van der Waals surface area contributed by atoms with Gasteiger partial charge in [0.25, 0.3) is 0 Å². The van der Waals surface area contributed by atoms with Crippen LogP contribution in [0.1, 0.15) is 64.9 Å².